The van der Waals surface area contributed by atoms with Crippen molar-refractivity contribution in [1.82, 2.24) is 10.7 Å². The first-order chi connectivity index (χ1) is 8.19. The van der Waals surface area contributed by atoms with Crippen LogP contribution < -0.4 is 21.9 Å². The van der Waals surface area contributed by atoms with Crippen LogP contribution in [0.25, 0.3) is 0 Å². The smallest absolute Gasteiger partial charge is 0.329 e. The van der Waals surface area contributed by atoms with Gasteiger partial charge in [0.15, 0.2) is 0 Å². The van der Waals surface area contributed by atoms with Crippen molar-refractivity contribution in [2.45, 2.75) is 11.4 Å². The molecule has 1 aromatic rings. The van der Waals surface area contributed by atoms with Crippen molar-refractivity contribution >= 4 is 29.4 Å². The normalized spacial score (nSPS) is 13.6. The summed E-state index contributed by atoms with van der Waals surface area (Å²) in [5.74, 6) is 5.38. The highest BCUT2D eigenvalue weighted by Crippen LogP contribution is 2.31. The highest BCUT2D eigenvalue weighted by Gasteiger charge is 2.15. The number of anilines is 1. The van der Waals surface area contributed by atoms with Crippen molar-refractivity contribution in [1.29, 1.82) is 0 Å². The molecule has 90 valence electrons. The number of carbonyl (C=O) groups is 2. The van der Waals surface area contributed by atoms with E-state index in [-0.39, 0.29) is 5.91 Å². The van der Waals surface area contributed by atoms with Gasteiger partial charge >= 0.3 is 6.03 Å². The maximum Gasteiger partial charge on any atom is 0.329 e. The molecule has 0 radical (unpaired) electrons. The maximum atomic E-state index is 11.2. The van der Waals surface area contributed by atoms with Crippen molar-refractivity contribution in [2.75, 3.05) is 11.1 Å². The van der Waals surface area contributed by atoms with Gasteiger partial charge in [-0.15, -0.1) is 11.8 Å². The lowest BCUT2D eigenvalue weighted by molar-refractivity contribution is -0.113. The predicted octanol–water partition coefficient (Wildman–Crippen LogP) is 0.404. The molecule has 0 saturated carbocycles. The van der Waals surface area contributed by atoms with Crippen LogP contribution in [0.5, 0.6) is 0 Å². The van der Waals surface area contributed by atoms with Crippen LogP contribution in [-0.2, 0) is 11.3 Å². The average molecular weight is 252 g/mol. The third-order valence-electron chi connectivity index (χ3n) is 2.26. The number of hydrogen-bond acceptors (Lipinski definition) is 4. The second kappa shape index (κ2) is 5.07. The van der Waals surface area contributed by atoms with Crippen molar-refractivity contribution in [3.05, 3.63) is 23.8 Å². The molecule has 0 atom stereocenters. The van der Waals surface area contributed by atoms with E-state index in [1.807, 2.05) is 23.6 Å². The number of urea groups is 1. The molecule has 1 aliphatic rings. The second-order valence-electron chi connectivity index (χ2n) is 3.49. The first kappa shape index (κ1) is 11.7. The van der Waals surface area contributed by atoms with Crippen LogP contribution in [0.15, 0.2) is 23.1 Å². The van der Waals surface area contributed by atoms with Gasteiger partial charge in [-0.25, -0.2) is 10.6 Å². The molecule has 1 aliphatic heterocycles. The Labute approximate surface area is 102 Å². The van der Waals surface area contributed by atoms with Gasteiger partial charge in [-0.2, -0.15) is 0 Å². The van der Waals surface area contributed by atoms with Crippen LogP contribution >= 0.6 is 11.8 Å². The van der Waals surface area contributed by atoms with Gasteiger partial charge in [0.1, 0.15) is 0 Å². The van der Waals surface area contributed by atoms with E-state index in [0.29, 0.717) is 12.3 Å². The van der Waals surface area contributed by atoms with E-state index in [2.05, 4.69) is 10.6 Å². The fourth-order valence-electron chi connectivity index (χ4n) is 1.47. The molecular weight excluding hydrogens is 240 g/mol. The van der Waals surface area contributed by atoms with Crippen molar-refractivity contribution in [3.63, 3.8) is 0 Å². The number of fused-ring (bicyclic) bond motifs is 1. The Bertz CT molecular complexity index is 464. The van der Waals surface area contributed by atoms with E-state index in [4.69, 9.17) is 5.84 Å². The third kappa shape index (κ3) is 2.89. The molecule has 0 bridgehead atoms. The van der Waals surface area contributed by atoms with Crippen LogP contribution in [-0.4, -0.2) is 17.7 Å². The van der Waals surface area contributed by atoms with E-state index in [1.54, 1.807) is 0 Å². The van der Waals surface area contributed by atoms with Crippen molar-refractivity contribution < 1.29 is 9.59 Å². The molecule has 0 fully saturated rings. The van der Waals surface area contributed by atoms with Gasteiger partial charge in [-0.05, 0) is 17.7 Å². The molecule has 6 nitrogen and oxygen atoms in total. The zero-order chi connectivity index (χ0) is 12.3. The topological polar surface area (TPSA) is 96.2 Å². The Kier molecular flexibility index (Phi) is 3.50. The van der Waals surface area contributed by atoms with E-state index in [0.717, 1.165) is 16.1 Å². The van der Waals surface area contributed by atoms with Crippen LogP contribution in [0.1, 0.15) is 5.56 Å². The van der Waals surface area contributed by atoms with Gasteiger partial charge in [0.2, 0.25) is 5.91 Å². The molecule has 7 heteroatoms. The first-order valence-corrected chi connectivity index (χ1v) is 5.97. The number of hydrogen-bond donors (Lipinski definition) is 4. The Morgan fingerprint density at radius 2 is 2.35 bits per heavy atom. The van der Waals surface area contributed by atoms with Crippen molar-refractivity contribution in [2.24, 2.45) is 5.84 Å². The second-order valence-corrected chi connectivity index (χ2v) is 4.51. The number of carbonyl (C=O) groups excluding carboxylic acids is 2. The summed E-state index contributed by atoms with van der Waals surface area (Å²) in [5.41, 5.74) is 3.67. The fourth-order valence-corrected chi connectivity index (χ4v) is 2.26. The minimum absolute atomic E-state index is 0.00712. The number of benzene rings is 1. The van der Waals surface area contributed by atoms with Crippen LogP contribution in [0, 0.1) is 0 Å². The monoisotopic (exact) mass is 252 g/mol. The SMILES string of the molecule is NNC(=O)NCc1ccc2c(c1)NC(=O)CS2. The fraction of sp³-hybridized carbons (Fsp3) is 0.200. The minimum atomic E-state index is -0.443. The van der Waals surface area contributed by atoms with Crippen molar-refractivity contribution in [3.8, 4) is 0 Å². The lowest BCUT2D eigenvalue weighted by Crippen LogP contribution is -2.39. The molecule has 17 heavy (non-hydrogen) atoms. The molecule has 1 heterocycles. The predicted molar refractivity (Wildman–Crippen MR) is 65.4 cm³/mol. The zero-order valence-corrected chi connectivity index (χ0v) is 9.76. The number of nitrogens with one attached hydrogen (secondary N) is 3. The molecule has 0 saturated heterocycles. The highest BCUT2D eigenvalue weighted by atomic mass is 32.2. The average Bonchev–Trinajstić information content (AvgIpc) is 2.35. The van der Waals surface area contributed by atoms with Gasteiger partial charge in [0, 0.05) is 11.4 Å². The van der Waals surface area contributed by atoms with Crippen LogP contribution in [0.3, 0.4) is 0 Å². The lowest BCUT2D eigenvalue weighted by atomic mass is 10.2. The quantitative estimate of drug-likeness (QED) is 0.348. The highest BCUT2D eigenvalue weighted by molar-refractivity contribution is 8.00. The summed E-state index contributed by atoms with van der Waals surface area (Å²) in [6.07, 6.45) is 0. The summed E-state index contributed by atoms with van der Waals surface area (Å²) >= 11 is 1.50. The van der Waals surface area contributed by atoms with E-state index < -0.39 is 6.03 Å². The summed E-state index contributed by atoms with van der Waals surface area (Å²) in [5, 5.41) is 5.36. The summed E-state index contributed by atoms with van der Waals surface area (Å²) in [4.78, 5) is 23.2. The molecule has 2 rings (SSSR count). The molecule has 0 unspecified atom stereocenters. The zero-order valence-electron chi connectivity index (χ0n) is 8.95. The molecule has 0 aliphatic carbocycles. The first-order valence-electron chi connectivity index (χ1n) is 4.99. The summed E-state index contributed by atoms with van der Waals surface area (Å²) in [7, 11) is 0. The Balaban J connectivity index is 2.07. The lowest BCUT2D eigenvalue weighted by Gasteiger charge is -2.17. The molecule has 5 N–H and O–H groups in total. The minimum Gasteiger partial charge on any atom is -0.333 e. The summed E-state index contributed by atoms with van der Waals surface area (Å²) in [6, 6.07) is 5.23. The Morgan fingerprint density at radius 3 is 3.12 bits per heavy atom. The molecule has 1 aromatic carbocycles. The van der Waals surface area contributed by atoms with E-state index in [1.165, 1.54) is 11.8 Å². The van der Waals surface area contributed by atoms with E-state index in [9.17, 15) is 9.59 Å². The number of thioether (sulfide) groups is 1. The molecule has 0 aromatic heterocycles. The number of nitrogens with two attached hydrogens (primary N) is 1. The van der Waals surface area contributed by atoms with Gasteiger partial charge in [-0.1, -0.05) is 6.07 Å². The van der Waals surface area contributed by atoms with Gasteiger partial charge < -0.3 is 10.6 Å². The third-order valence-corrected chi connectivity index (χ3v) is 3.33. The van der Waals surface area contributed by atoms with Gasteiger partial charge in [-0.3, -0.25) is 10.2 Å². The largest absolute Gasteiger partial charge is 0.333 e. The van der Waals surface area contributed by atoms with Gasteiger partial charge in [0.25, 0.3) is 0 Å². The van der Waals surface area contributed by atoms with E-state index >= 15 is 0 Å². The summed E-state index contributed by atoms with van der Waals surface area (Å²) < 4.78 is 0. The van der Waals surface area contributed by atoms with Gasteiger partial charge in [0.05, 0.1) is 11.4 Å². The summed E-state index contributed by atoms with van der Waals surface area (Å²) in [6.45, 7) is 0.358. The molecule has 3 amide bonds. The molecule has 0 spiro atoms. The standard InChI is InChI=1S/C10H12N4O2S/c11-14-10(16)12-4-6-1-2-8-7(3-6)13-9(15)5-17-8/h1-3H,4-5,11H2,(H,13,15)(H2,12,14,16). The Hall–Kier alpha value is -1.73. The molecular formula is C10H12N4O2S. The number of hydrazine groups is 1. The maximum absolute atomic E-state index is 11.2. The Morgan fingerprint density at radius 1 is 1.53 bits per heavy atom. The number of rotatable bonds is 2. The number of amides is 3. The van der Waals surface area contributed by atoms with Crippen LogP contribution in [0.4, 0.5) is 10.5 Å². The van der Waals surface area contributed by atoms with Crippen LogP contribution in [0.2, 0.25) is 0 Å².